The van der Waals surface area contributed by atoms with Crippen molar-refractivity contribution in [1.29, 1.82) is 0 Å². The van der Waals surface area contributed by atoms with Crippen LogP contribution in [0.3, 0.4) is 0 Å². The van der Waals surface area contributed by atoms with E-state index in [1.807, 2.05) is 18.2 Å². The van der Waals surface area contributed by atoms with Crippen molar-refractivity contribution in [3.05, 3.63) is 27.8 Å². The second-order valence-electron chi connectivity index (χ2n) is 3.16. The molecule has 2 rings (SSSR count). The Labute approximate surface area is 91.8 Å². The molecule has 2 nitrogen and oxygen atoms in total. The summed E-state index contributed by atoms with van der Waals surface area (Å²) in [7, 11) is 0. The summed E-state index contributed by atoms with van der Waals surface area (Å²) >= 11 is 2.30. The smallest absolute Gasteiger partial charge is 0.133 e. The Morgan fingerprint density at radius 3 is 2.92 bits per heavy atom. The first kappa shape index (κ1) is 9.27. The van der Waals surface area contributed by atoms with E-state index >= 15 is 0 Å². The third-order valence-corrected chi connectivity index (χ3v) is 3.04. The molecule has 0 unspecified atom stereocenters. The molecule has 0 saturated carbocycles. The number of para-hydroxylation sites is 1. The number of halogens is 1. The van der Waals surface area contributed by atoms with Crippen LogP contribution in [0.15, 0.2) is 24.3 Å². The highest BCUT2D eigenvalue weighted by Crippen LogP contribution is 2.22. The van der Waals surface area contributed by atoms with E-state index in [9.17, 15) is 0 Å². The lowest BCUT2D eigenvalue weighted by Crippen LogP contribution is -2.19. The van der Waals surface area contributed by atoms with E-state index in [0.717, 1.165) is 25.3 Å². The Morgan fingerprint density at radius 2 is 2.23 bits per heavy atom. The minimum absolute atomic E-state index is 0.357. The molecule has 1 aromatic carbocycles. The number of hydrogen-bond donors (Lipinski definition) is 1. The van der Waals surface area contributed by atoms with Crippen molar-refractivity contribution in [2.75, 3.05) is 13.1 Å². The normalized spacial score (nSPS) is 21.8. The van der Waals surface area contributed by atoms with E-state index in [0.29, 0.717) is 6.10 Å². The number of hydrogen-bond acceptors (Lipinski definition) is 2. The quantitative estimate of drug-likeness (QED) is 0.841. The Kier molecular flexibility index (Phi) is 3.05. The monoisotopic (exact) mass is 289 g/mol. The van der Waals surface area contributed by atoms with Crippen molar-refractivity contribution in [3.8, 4) is 5.75 Å². The highest BCUT2D eigenvalue weighted by Gasteiger charge is 2.16. The molecule has 1 fully saturated rings. The van der Waals surface area contributed by atoms with Gasteiger partial charge in [-0.25, -0.2) is 0 Å². The predicted molar refractivity (Wildman–Crippen MR) is 61.1 cm³/mol. The van der Waals surface area contributed by atoms with Gasteiger partial charge in [0.2, 0.25) is 0 Å². The number of benzene rings is 1. The first-order valence-electron chi connectivity index (χ1n) is 4.48. The van der Waals surface area contributed by atoms with Crippen LogP contribution in [-0.2, 0) is 0 Å². The average molecular weight is 289 g/mol. The first-order valence-corrected chi connectivity index (χ1v) is 5.56. The summed E-state index contributed by atoms with van der Waals surface area (Å²) in [5.74, 6) is 1.01. The van der Waals surface area contributed by atoms with Gasteiger partial charge in [0, 0.05) is 6.54 Å². The molecule has 0 radical (unpaired) electrons. The molecule has 0 bridgehead atoms. The predicted octanol–water partition coefficient (Wildman–Crippen LogP) is 2.03. The fraction of sp³-hybridized carbons (Fsp3) is 0.400. The molecule has 0 aromatic heterocycles. The maximum Gasteiger partial charge on any atom is 0.133 e. The van der Waals surface area contributed by atoms with Crippen molar-refractivity contribution in [2.24, 2.45) is 0 Å². The number of ether oxygens (including phenoxy) is 1. The van der Waals surface area contributed by atoms with Crippen molar-refractivity contribution >= 4 is 22.6 Å². The Balaban J connectivity index is 2.04. The number of nitrogens with one attached hydrogen (secondary N) is 1. The zero-order valence-electron chi connectivity index (χ0n) is 7.29. The third-order valence-electron chi connectivity index (χ3n) is 2.15. The van der Waals surface area contributed by atoms with Gasteiger partial charge in [0.25, 0.3) is 0 Å². The van der Waals surface area contributed by atoms with Gasteiger partial charge in [0.1, 0.15) is 11.9 Å². The molecule has 3 heteroatoms. The summed E-state index contributed by atoms with van der Waals surface area (Å²) in [5, 5.41) is 3.28. The van der Waals surface area contributed by atoms with E-state index in [1.54, 1.807) is 0 Å². The van der Waals surface area contributed by atoms with E-state index < -0.39 is 0 Å². The highest BCUT2D eigenvalue weighted by molar-refractivity contribution is 14.1. The van der Waals surface area contributed by atoms with Gasteiger partial charge in [-0.3, -0.25) is 0 Å². The van der Waals surface area contributed by atoms with Crippen LogP contribution >= 0.6 is 22.6 Å². The van der Waals surface area contributed by atoms with Gasteiger partial charge in [-0.05, 0) is 47.7 Å². The molecular formula is C10H12INO. The largest absolute Gasteiger partial charge is 0.488 e. The first-order chi connectivity index (χ1) is 6.36. The van der Waals surface area contributed by atoms with Crippen molar-refractivity contribution in [2.45, 2.75) is 12.5 Å². The molecule has 13 heavy (non-hydrogen) atoms. The molecule has 1 aliphatic rings. The van der Waals surface area contributed by atoms with Gasteiger partial charge < -0.3 is 10.1 Å². The second kappa shape index (κ2) is 4.28. The Bertz CT molecular complexity index is 284. The van der Waals surface area contributed by atoms with Gasteiger partial charge in [-0.2, -0.15) is 0 Å². The maximum atomic E-state index is 5.84. The summed E-state index contributed by atoms with van der Waals surface area (Å²) < 4.78 is 7.02. The molecule has 0 amide bonds. The van der Waals surface area contributed by atoms with E-state index in [4.69, 9.17) is 4.74 Å². The summed E-state index contributed by atoms with van der Waals surface area (Å²) in [6, 6.07) is 8.14. The SMILES string of the molecule is Ic1ccccc1O[C@@H]1CCNC1. The van der Waals surface area contributed by atoms with Crippen LogP contribution in [0, 0.1) is 3.57 Å². The number of rotatable bonds is 2. The van der Waals surface area contributed by atoms with E-state index in [2.05, 4.69) is 34.0 Å². The molecule has 1 heterocycles. The minimum Gasteiger partial charge on any atom is -0.488 e. The molecule has 1 saturated heterocycles. The third kappa shape index (κ3) is 2.34. The molecule has 0 spiro atoms. The fourth-order valence-electron chi connectivity index (χ4n) is 1.45. The second-order valence-corrected chi connectivity index (χ2v) is 4.33. The minimum atomic E-state index is 0.357. The van der Waals surface area contributed by atoms with Gasteiger partial charge >= 0.3 is 0 Å². The summed E-state index contributed by atoms with van der Waals surface area (Å²) in [4.78, 5) is 0. The van der Waals surface area contributed by atoms with Gasteiger partial charge in [0.15, 0.2) is 0 Å². The van der Waals surface area contributed by atoms with Crippen molar-refractivity contribution in [3.63, 3.8) is 0 Å². The fourth-order valence-corrected chi connectivity index (χ4v) is 1.96. The van der Waals surface area contributed by atoms with Crippen LogP contribution in [0.5, 0.6) is 5.75 Å². The van der Waals surface area contributed by atoms with Gasteiger partial charge in [-0.1, -0.05) is 12.1 Å². The van der Waals surface area contributed by atoms with Gasteiger partial charge in [-0.15, -0.1) is 0 Å². The zero-order valence-corrected chi connectivity index (χ0v) is 9.45. The van der Waals surface area contributed by atoms with Crippen LogP contribution in [0.2, 0.25) is 0 Å². The summed E-state index contributed by atoms with van der Waals surface area (Å²) in [6.45, 7) is 2.05. The topological polar surface area (TPSA) is 21.3 Å². The Morgan fingerprint density at radius 1 is 1.38 bits per heavy atom. The van der Waals surface area contributed by atoms with E-state index in [1.165, 1.54) is 3.57 Å². The molecule has 1 atom stereocenters. The lowest BCUT2D eigenvalue weighted by atomic mass is 10.3. The van der Waals surface area contributed by atoms with Crippen LogP contribution in [0.1, 0.15) is 6.42 Å². The lowest BCUT2D eigenvalue weighted by molar-refractivity contribution is 0.221. The van der Waals surface area contributed by atoms with Crippen LogP contribution in [0.4, 0.5) is 0 Å². The summed E-state index contributed by atoms with van der Waals surface area (Å²) in [5.41, 5.74) is 0. The summed E-state index contributed by atoms with van der Waals surface area (Å²) in [6.07, 6.45) is 1.47. The lowest BCUT2D eigenvalue weighted by Gasteiger charge is -2.13. The highest BCUT2D eigenvalue weighted by atomic mass is 127. The van der Waals surface area contributed by atoms with Crippen LogP contribution in [-0.4, -0.2) is 19.2 Å². The molecule has 1 aromatic rings. The van der Waals surface area contributed by atoms with Crippen molar-refractivity contribution in [1.82, 2.24) is 5.32 Å². The standard InChI is InChI=1S/C10H12INO/c11-9-3-1-2-4-10(9)13-8-5-6-12-7-8/h1-4,8,12H,5-7H2/t8-/m1/s1. The Hall–Kier alpha value is -0.290. The molecule has 1 N–H and O–H groups in total. The molecule has 0 aliphatic carbocycles. The molecule has 1 aliphatic heterocycles. The maximum absolute atomic E-state index is 5.84. The molecule has 70 valence electrons. The van der Waals surface area contributed by atoms with Crippen molar-refractivity contribution < 1.29 is 4.74 Å². The van der Waals surface area contributed by atoms with Gasteiger partial charge in [0.05, 0.1) is 3.57 Å². The van der Waals surface area contributed by atoms with Crippen LogP contribution < -0.4 is 10.1 Å². The molecular weight excluding hydrogens is 277 g/mol. The van der Waals surface area contributed by atoms with Crippen LogP contribution in [0.25, 0.3) is 0 Å². The van der Waals surface area contributed by atoms with E-state index in [-0.39, 0.29) is 0 Å². The zero-order chi connectivity index (χ0) is 9.10. The average Bonchev–Trinajstić information content (AvgIpc) is 2.61.